The van der Waals surface area contributed by atoms with E-state index in [0.717, 1.165) is 91.1 Å². The molecule has 2 amide bonds. The van der Waals surface area contributed by atoms with Crippen LogP contribution in [0.3, 0.4) is 0 Å². The largest absolute Gasteiger partial charge is 0.458 e. The van der Waals surface area contributed by atoms with Gasteiger partial charge in [-0.2, -0.15) is 0 Å². The van der Waals surface area contributed by atoms with Gasteiger partial charge in [-0.05, 0) is 99.1 Å². The molecule has 6 rings (SSSR count). The summed E-state index contributed by atoms with van der Waals surface area (Å²) >= 11 is 7.26. The molecule has 0 bridgehead atoms. The Morgan fingerprint density at radius 3 is 2.14 bits per heavy atom. The predicted molar refractivity (Wildman–Crippen MR) is 261 cm³/mol. The maximum atomic E-state index is 13.5. The summed E-state index contributed by atoms with van der Waals surface area (Å²) in [5.41, 5.74) is 6.72. The highest BCUT2D eigenvalue weighted by atomic mass is 32.2. The fourth-order valence-electron chi connectivity index (χ4n) is 7.22. The molecular weight excluding hydrogens is 847 g/mol. The molecule has 3 aromatic carbocycles. The molecule has 2 saturated heterocycles. The number of amides is 2. The van der Waals surface area contributed by atoms with Gasteiger partial charge >= 0.3 is 5.97 Å². The number of thiocarbonyl (C=S) groups is 1. The molecule has 3 aliphatic heterocycles. The van der Waals surface area contributed by atoms with Gasteiger partial charge in [0.05, 0.1) is 13.2 Å². The number of esters is 1. The Balaban J connectivity index is 0.000000241. The second-order valence-electron chi connectivity index (χ2n) is 15.5. The molecule has 64 heavy (non-hydrogen) atoms. The Hall–Kier alpha value is -5.28. The van der Waals surface area contributed by atoms with Crippen molar-refractivity contribution in [3.05, 3.63) is 113 Å². The quantitative estimate of drug-likeness (QED) is 0.0219. The fraction of sp³-hybridized carbons (Fsp3) is 0.420. The van der Waals surface area contributed by atoms with E-state index < -0.39 is 5.97 Å². The zero-order valence-corrected chi connectivity index (χ0v) is 39.9. The average molecular weight is 910 g/mol. The number of carbonyl (C=O) groups is 3. The minimum atomic E-state index is -0.458. The molecule has 14 heteroatoms. The number of carbonyl (C=O) groups excluding carboxylic acids is 3. The van der Waals surface area contributed by atoms with Crippen LogP contribution in [0.5, 0.6) is 5.75 Å². The van der Waals surface area contributed by atoms with Gasteiger partial charge in [0.25, 0.3) is 11.8 Å². The summed E-state index contributed by atoms with van der Waals surface area (Å²) in [4.78, 5) is 53.2. The number of unbranched alkanes of at least 4 members (excludes halogenated alkanes) is 2. The summed E-state index contributed by atoms with van der Waals surface area (Å²) in [7, 11) is 0. The number of fused-ring (bicyclic) bond motifs is 1. The molecule has 0 atom stereocenters. The lowest BCUT2D eigenvalue weighted by Gasteiger charge is -2.37. The topological polar surface area (TPSA) is 113 Å². The number of hydrogen-bond donors (Lipinski definition) is 0. The lowest BCUT2D eigenvalue weighted by Crippen LogP contribution is -2.57. The summed E-state index contributed by atoms with van der Waals surface area (Å²) in [6, 6.07) is 21.9. The third-order valence-corrected chi connectivity index (χ3v) is 12.2. The van der Waals surface area contributed by atoms with Crippen molar-refractivity contribution in [2.24, 2.45) is 5.16 Å². The first kappa shape index (κ1) is 49.7. The maximum Gasteiger partial charge on any atom is 0.347 e. The number of allylic oxidation sites excluding steroid dienone is 2. The number of hydrogen-bond acceptors (Lipinski definition) is 12. The average Bonchev–Trinajstić information content (AvgIpc) is 3.31. The maximum absolute atomic E-state index is 13.5. The van der Waals surface area contributed by atoms with E-state index in [1.165, 1.54) is 4.90 Å². The Kier molecular flexibility index (Phi) is 19.6. The zero-order valence-electron chi connectivity index (χ0n) is 38.2. The lowest BCUT2D eigenvalue weighted by molar-refractivity contribution is -0.150. The molecule has 0 aliphatic carbocycles. The van der Waals surface area contributed by atoms with E-state index in [-0.39, 0.29) is 30.6 Å². The first-order valence-electron chi connectivity index (χ1n) is 22.2. The lowest BCUT2D eigenvalue weighted by atomic mass is 9.99. The first-order valence-corrected chi connectivity index (χ1v) is 23.9. The molecule has 0 saturated carbocycles. The van der Waals surface area contributed by atoms with Crippen LogP contribution in [0.2, 0.25) is 0 Å². The van der Waals surface area contributed by atoms with Gasteiger partial charge in [0, 0.05) is 73.6 Å². The molecule has 342 valence electrons. The van der Waals surface area contributed by atoms with Crippen LogP contribution < -0.4 is 9.64 Å². The minimum Gasteiger partial charge on any atom is -0.458 e. The van der Waals surface area contributed by atoms with E-state index in [9.17, 15) is 14.4 Å². The Morgan fingerprint density at radius 1 is 0.922 bits per heavy atom. The number of morpholine rings is 1. The predicted octanol–water partition coefficient (Wildman–Crippen LogP) is 8.99. The molecule has 0 radical (unpaired) electrons. The number of thioether (sulfide) groups is 1. The highest BCUT2D eigenvalue weighted by molar-refractivity contribution is 7.98. The second kappa shape index (κ2) is 25.3. The van der Waals surface area contributed by atoms with Gasteiger partial charge in [-0.1, -0.05) is 80.9 Å². The third kappa shape index (κ3) is 13.4. The SMILES string of the molecule is C=Cc1ccc(COC(=O)CO/N=C(\CN2CCOCC2)c2ccc(SC)cc2)cc1.CCCCN1C(=O)C(=C2C=C(C)c3ccc(N(CC)CC)cc3O2)C(=O)N(CCCC)C1=S. The first-order chi connectivity index (χ1) is 31.0. The van der Waals surface area contributed by atoms with Crippen molar-refractivity contribution in [3.8, 4) is 5.75 Å². The van der Waals surface area contributed by atoms with E-state index >= 15 is 0 Å². The van der Waals surface area contributed by atoms with Crippen LogP contribution in [0, 0.1) is 0 Å². The Bertz CT molecular complexity index is 2150. The van der Waals surface area contributed by atoms with Crippen LogP contribution >= 0.6 is 24.0 Å². The molecule has 12 nitrogen and oxygen atoms in total. The van der Waals surface area contributed by atoms with Crippen LogP contribution in [-0.4, -0.2) is 115 Å². The van der Waals surface area contributed by atoms with Crippen LogP contribution in [0.4, 0.5) is 5.69 Å². The van der Waals surface area contributed by atoms with Gasteiger partial charge in [0.1, 0.15) is 29.4 Å². The van der Waals surface area contributed by atoms with Gasteiger partial charge in [-0.25, -0.2) is 4.79 Å². The van der Waals surface area contributed by atoms with Crippen LogP contribution in [0.15, 0.2) is 101 Å². The number of ether oxygens (including phenoxy) is 3. The molecular formula is C50H63N5O7S2. The number of nitrogens with zero attached hydrogens (tertiary/aromatic N) is 5. The molecule has 0 N–H and O–H groups in total. The highest BCUT2D eigenvalue weighted by Gasteiger charge is 2.42. The molecule has 2 fully saturated rings. The normalized spacial score (nSPS) is 15.5. The van der Waals surface area contributed by atoms with Crippen molar-refractivity contribution < 1.29 is 33.4 Å². The minimum absolute atomic E-state index is 0.0639. The second-order valence-corrected chi connectivity index (χ2v) is 16.7. The number of anilines is 1. The van der Waals surface area contributed by atoms with E-state index in [0.29, 0.717) is 49.5 Å². The molecule has 0 spiro atoms. The third-order valence-electron chi connectivity index (χ3n) is 11.1. The van der Waals surface area contributed by atoms with Crippen molar-refractivity contribution in [1.29, 1.82) is 0 Å². The highest BCUT2D eigenvalue weighted by Crippen LogP contribution is 2.38. The van der Waals surface area contributed by atoms with Gasteiger partial charge in [0.15, 0.2) is 5.11 Å². The van der Waals surface area contributed by atoms with E-state index in [2.05, 4.69) is 67.4 Å². The van der Waals surface area contributed by atoms with Crippen molar-refractivity contribution in [2.75, 3.05) is 76.8 Å². The summed E-state index contributed by atoms with van der Waals surface area (Å²) in [6.45, 7) is 20.5. The summed E-state index contributed by atoms with van der Waals surface area (Å²) in [6.07, 6.45) is 9.10. The van der Waals surface area contributed by atoms with E-state index in [4.69, 9.17) is 31.3 Å². The van der Waals surface area contributed by atoms with Gasteiger partial charge in [-0.3, -0.25) is 24.3 Å². The van der Waals surface area contributed by atoms with Gasteiger partial charge in [0.2, 0.25) is 6.61 Å². The molecule has 3 aliphatic rings. The fourth-order valence-corrected chi connectivity index (χ4v) is 7.97. The van der Waals surface area contributed by atoms with Crippen molar-refractivity contribution in [3.63, 3.8) is 0 Å². The summed E-state index contributed by atoms with van der Waals surface area (Å²) < 4.78 is 16.9. The van der Waals surface area contributed by atoms with Gasteiger partial charge < -0.3 is 23.9 Å². The number of rotatable bonds is 19. The van der Waals surface area contributed by atoms with Crippen LogP contribution in [-0.2, 0) is 35.3 Å². The van der Waals surface area contributed by atoms with E-state index in [1.807, 2.05) is 61.7 Å². The molecule has 3 heterocycles. The smallest absolute Gasteiger partial charge is 0.347 e. The van der Waals surface area contributed by atoms with Crippen molar-refractivity contribution >= 4 is 69.9 Å². The Morgan fingerprint density at radius 2 is 1.56 bits per heavy atom. The van der Waals surface area contributed by atoms with E-state index in [1.54, 1.807) is 33.7 Å². The van der Waals surface area contributed by atoms with Crippen molar-refractivity contribution in [2.45, 2.75) is 71.8 Å². The molecule has 3 aromatic rings. The summed E-state index contributed by atoms with van der Waals surface area (Å²) in [5.74, 6) is -0.227. The van der Waals surface area contributed by atoms with Crippen molar-refractivity contribution in [1.82, 2.24) is 14.7 Å². The number of oxime groups is 1. The number of benzene rings is 3. The molecule has 0 unspecified atom stereocenters. The molecule has 0 aromatic heterocycles. The zero-order chi connectivity index (χ0) is 46.0. The van der Waals surface area contributed by atoms with Crippen LogP contribution in [0.1, 0.15) is 82.6 Å². The monoisotopic (exact) mass is 909 g/mol. The summed E-state index contributed by atoms with van der Waals surface area (Å²) in [5, 5.41) is 4.58. The standard InChI is InChI=1S/C26H35N3O3S.C24H28N2O4S/c1-6-10-14-28-24(30)23(25(31)29(26(28)33)15-11-7-2)22-16-18(5)20-13-12-19(17-21(20)32-22)27(8-3)9-4;1-3-19-4-6-20(7-5-19)17-29-24(27)18-30-25-23(16-26-12-14-28-15-13-26)21-8-10-22(31-2)11-9-21/h12-13,16-17H,6-11,14-15H2,1-5H3;3-11H,1,12-18H2,2H3/b;25-23+. The Labute approximate surface area is 388 Å². The van der Waals surface area contributed by atoms with Gasteiger partial charge in [-0.15, -0.1) is 11.8 Å². The van der Waals surface area contributed by atoms with Crippen LogP contribution in [0.25, 0.3) is 11.6 Å².